The molecule has 7 nitrogen and oxygen atoms in total. The monoisotopic (exact) mass is 376 g/mol. The van der Waals surface area contributed by atoms with E-state index >= 15 is 0 Å². The number of ether oxygens (including phenoxy) is 1. The summed E-state index contributed by atoms with van der Waals surface area (Å²) in [6.07, 6.45) is -0.115. The molecule has 1 saturated heterocycles. The lowest BCUT2D eigenvalue weighted by Crippen LogP contribution is -2.56. The maximum absolute atomic E-state index is 12.3. The minimum absolute atomic E-state index is 0.115. The van der Waals surface area contributed by atoms with Crippen molar-refractivity contribution in [1.29, 1.82) is 0 Å². The summed E-state index contributed by atoms with van der Waals surface area (Å²) < 4.78 is 7.94. The number of carbonyl (C=O) groups is 1. The molecule has 0 atom stereocenters. The highest BCUT2D eigenvalue weighted by molar-refractivity contribution is 7.20. The Hall–Kier alpha value is -2.45. The van der Waals surface area contributed by atoms with Crippen LogP contribution < -0.4 is 10.3 Å². The van der Waals surface area contributed by atoms with Crippen LogP contribution in [0.15, 0.2) is 35.1 Å². The smallest absolute Gasteiger partial charge is 0.274 e. The molecule has 0 aliphatic carbocycles. The highest BCUT2D eigenvalue weighted by Crippen LogP contribution is 2.33. The van der Waals surface area contributed by atoms with Crippen molar-refractivity contribution in [1.82, 2.24) is 19.7 Å². The number of carbonyl (C=O) groups excluding carboxylic acids is 1. The highest BCUT2D eigenvalue weighted by atomic mass is 35.5. The number of likely N-dealkylation sites (tertiary alicyclic amines) is 1. The molecule has 3 aromatic rings. The van der Waals surface area contributed by atoms with E-state index < -0.39 is 0 Å². The first kappa shape index (κ1) is 16.0. The van der Waals surface area contributed by atoms with Gasteiger partial charge in [0.1, 0.15) is 17.3 Å². The maximum Gasteiger partial charge on any atom is 0.274 e. The molecule has 0 radical (unpaired) electrons. The van der Waals surface area contributed by atoms with E-state index in [2.05, 4.69) is 10.1 Å². The SMILES string of the molecule is Cn1nc(C(=O)N2CC(Oc3nc4c(Cl)cccc4s3)C2)ccc1=O. The van der Waals surface area contributed by atoms with Gasteiger partial charge in [-0.1, -0.05) is 29.0 Å². The molecular weight excluding hydrogens is 364 g/mol. The molecule has 1 fully saturated rings. The third-order valence-electron chi connectivity index (χ3n) is 3.93. The number of amides is 1. The van der Waals surface area contributed by atoms with Crippen molar-refractivity contribution in [3.05, 3.63) is 51.4 Å². The summed E-state index contributed by atoms with van der Waals surface area (Å²) >= 11 is 7.54. The summed E-state index contributed by atoms with van der Waals surface area (Å²) in [6, 6.07) is 8.37. The van der Waals surface area contributed by atoms with Gasteiger partial charge < -0.3 is 9.64 Å². The number of aromatic nitrogens is 3. The van der Waals surface area contributed by atoms with E-state index in [1.165, 1.54) is 30.5 Å². The molecular formula is C16H13ClN4O3S. The zero-order valence-corrected chi connectivity index (χ0v) is 14.8. The summed E-state index contributed by atoms with van der Waals surface area (Å²) in [5.74, 6) is -0.220. The molecule has 1 aromatic carbocycles. The van der Waals surface area contributed by atoms with Gasteiger partial charge in [-0.05, 0) is 18.2 Å². The Kier molecular flexibility index (Phi) is 3.93. The normalized spacial score (nSPS) is 14.6. The molecule has 0 saturated carbocycles. The van der Waals surface area contributed by atoms with E-state index in [0.717, 1.165) is 14.9 Å². The summed E-state index contributed by atoms with van der Waals surface area (Å²) in [6.45, 7) is 0.903. The van der Waals surface area contributed by atoms with Gasteiger partial charge >= 0.3 is 0 Å². The van der Waals surface area contributed by atoms with Crippen molar-refractivity contribution in [2.75, 3.05) is 13.1 Å². The summed E-state index contributed by atoms with van der Waals surface area (Å²) in [4.78, 5) is 29.7. The Balaban J connectivity index is 1.41. The van der Waals surface area contributed by atoms with E-state index in [1.807, 2.05) is 12.1 Å². The van der Waals surface area contributed by atoms with E-state index in [9.17, 15) is 9.59 Å². The number of thiazole rings is 1. The van der Waals surface area contributed by atoms with Gasteiger partial charge in [0, 0.05) is 13.1 Å². The Morgan fingerprint density at radius 1 is 1.32 bits per heavy atom. The molecule has 25 heavy (non-hydrogen) atoms. The fourth-order valence-corrected chi connectivity index (χ4v) is 3.73. The van der Waals surface area contributed by atoms with Crippen LogP contribution in [0, 0.1) is 0 Å². The Morgan fingerprint density at radius 2 is 2.12 bits per heavy atom. The van der Waals surface area contributed by atoms with Crippen LogP contribution in [0.25, 0.3) is 10.2 Å². The van der Waals surface area contributed by atoms with Gasteiger partial charge in [-0.3, -0.25) is 9.59 Å². The van der Waals surface area contributed by atoms with Crippen LogP contribution in [0.1, 0.15) is 10.5 Å². The molecule has 0 bridgehead atoms. The van der Waals surface area contributed by atoms with Gasteiger partial charge in [0.05, 0.1) is 22.8 Å². The van der Waals surface area contributed by atoms with Gasteiger partial charge in [-0.15, -0.1) is 0 Å². The fourth-order valence-electron chi connectivity index (χ4n) is 2.54. The van der Waals surface area contributed by atoms with Crippen LogP contribution in [0.3, 0.4) is 0 Å². The third-order valence-corrected chi connectivity index (χ3v) is 5.15. The van der Waals surface area contributed by atoms with Crippen LogP contribution in [0.2, 0.25) is 5.02 Å². The molecule has 3 heterocycles. The van der Waals surface area contributed by atoms with Gasteiger partial charge in [-0.2, -0.15) is 5.10 Å². The molecule has 1 amide bonds. The number of benzene rings is 1. The molecule has 9 heteroatoms. The maximum atomic E-state index is 12.3. The van der Waals surface area contributed by atoms with Crippen molar-refractivity contribution in [2.45, 2.75) is 6.10 Å². The first-order valence-electron chi connectivity index (χ1n) is 7.56. The number of nitrogens with zero attached hydrogens (tertiary/aromatic N) is 4. The van der Waals surface area contributed by atoms with Crippen LogP contribution in [0.4, 0.5) is 0 Å². The van der Waals surface area contributed by atoms with E-state index in [0.29, 0.717) is 23.3 Å². The number of para-hydroxylation sites is 1. The minimum Gasteiger partial charge on any atom is -0.463 e. The van der Waals surface area contributed by atoms with Crippen LogP contribution in [-0.2, 0) is 7.05 Å². The van der Waals surface area contributed by atoms with Gasteiger partial charge in [0.2, 0.25) is 0 Å². The average Bonchev–Trinajstić information content (AvgIpc) is 2.97. The summed E-state index contributed by atoms with van der Waals surface area (Å²) in [5.41, 5.74) is 0.717. The Morgan fingerprint density at radius 3 is 2.84 bits per heavy atom. The van der Waals surface area contributed by atoms with E-state index in [1.54, 1.807) is 11.0 Å². The number of fused-ring (bicyclic) bond motifs is 1. The van der Waals surface area contributed by atoms with Crippen LogP contribution in [0.5, 0.6) is 5.19 Å². The number of aryl methyl sites for hydroxylation is 1. The lowest BCUT2D eigenvalue weighted by molar-refractivity contribution is 0.0171. The van der Waals surface area contributed by atoms with Crippen molar-refractivity contribution in [2.24, 2.45) is 7.05 Å². The fraction of sp³-hybridized carbons (Fsp3) is 0.250. The van der Waals surface area contributed by atoms with Gasteiger partial charge in [0.25, 0.3) is 16.7 Å². The highest BCUT2D eigenvalue weighted by Gasteiger charge is 2.34. The third kappa shape index (κ3) is 2.98. The predicted molar refractivity (Wildman–Crippen MR) is 94.4 cm³/mol. The first-order chi connectivity index (χ1) is 12.0. The minimum atomic E-state index is -0.254. The van der Waals surface area contributed by atoms with Crippen molar-refractivity contribution in [3.8, 4) is 5.19 Å². The molecule has 128 valence electrons. The number of halogens is 1. The zero-order valence-electron chi connectivity index (χ0n) is 13.2. The van der Waals surface area contributed by atoms with Crippen LogP contribution in [-0.4, -0.2) is 44.8 Å². The lowest BCUT2D eigenvalue weighted by atomic mass is 10.1. The van der Waals surface area contributed by atoms with E-state index in [4.69, 9.17) is 16.3 Å². The van der Waals surface area contributed by atoms with Crippen molar-refractivity contribution >= 4 is 39.1 Å². The standard InChI is InChI=1S/C16H13ClN4O3S/c1-20-13(22)6-5-11(19-20)15(23)21-7-9(8-21)24-16-18-14-10(17)3-2-4-12(14)25-16/h2-6,9H,7-8H2,1H3. The first-order valence-corrected chi connectivity index (χ1v) is 8.76. The molecule has 0 spiro atoms. The molecule has 1 aliphatic heterocycles. The van der Waals surface area contributed by atoms with Gasteiger partial charge in [-0.25, -0.2) is 9.67 Å². The Labute approximate surface area is 151 Å². The number of hydrogen-bond donors (Lipinski definition) is 0. The number of rotatable bonds is 3. The van der Waals surface area contributed by atoms with Gasteiger partial charge in [0.15, 0.2) is 0 Å². The molecule has 0 unspecified atom stereocenters. The van der Waals surface area contributed by atoms with Crippen LogP contribution >= 0.6 is 22.9 Å². The largest absolute Gasteiger partial charge is 0.463 e. The second-order valence-electron chi connectivity index (χ2n) is 5.70. The molecule has 1 aliphatic rings. The molecule has 4 rings (SSSR count). The van der Waals surface area contributed by atoms with Crippen molar-refractivity contribution in [3.63, 3.8) is 0 Å². The summed E-state index contributed by atoms with van der Waals surface area (Å²) in [5, 5.41) is 5.10. The quantitative estimate of drug-likeness (QED) is 0.698. The second-order valence-corrected chi connectivity index (χ2v) is 7.10. The molecule has 0 N–H and O–H groups in total. The van der Waals surface area contributed by atoms with E-state index in [-0.39, 0.29) is 23.3 Å². The Bertz CT molecular complexity index is 1030. The molecule has 2 aromatic heterocycles. The lowest BCUT2D eigenvalue weighted by Gasteiger charge is -2.37. The van der Waals surface area contributed by atoms with Crippen molar-refractivity contribution < 1.29 is 9.53 Å². The zero-order chi connectivity index (χ0) is 17.6. The number of hydrogen-bond acceptors (Lipinski definition) is 6. The topological polar surface area (TPSA) is 77.3 Å². The second kappa shape index (κ2) is 6.12. The average molecular weight is 377 g/mol. The summed E-state index contributed by atoms with van der Waals surface area (Å²) in [7, 11) is 1.51. The predicted octanol–water partition coefficient (Wildman–Crippen LogP) is 1.95.